The minimum Gasteiger partial charge on any atom is -0.478 e. The minimum atomic E-state index is -3.80. The molecular weight excluding hydrogens is 286 g/mol. The number of carboxylic acids is 1. The summed E-state index contributed by atoms with van der Waals surface area (Å²) in [5, 5.41) is 9.07. The number of sulfonamides is 1. The minimum absolute atomic E-state index is 0.169. The average molecular weight is 303 g/mol. The molecule has 1 rings (SSSR count). The van der Waals surface area contributed by atoms with Crippen LogP contribution < -0.4 is 0 Å². The molecule has 0 radical (unpaired) electrons. The highest BCUT2D eigenvalue weighted by atomic mass is 32.2. The highest BCUT2D eigenvalue weighted by Gasteiger charge is 2.28. The van der Waals surface area contributed by atoms with Crippen molar-refractivity contribution in [3.8, 4) is 0 Å². The predicted octanol–water partition coefficient (Wildman–Crippen LogP) is 1.76. The van der Waals surface area contributed by atoms with E-state index in [-0.39, 0.29) is 16.5 Å². The molecule has 1 aromatic rings. The summed E-state index contributed by atoms with van der Waals surface area (Å²) in [4.78, 5) is 10.9. The van der Waals surface area contributed by atoms with Gasteiger partial charge >= 0.3 is 5.97 Å². The van der Waals surface area contributed by atoms with Crippen LogP contribution in [0.2, 0.25) is 0 Å². The molecule has 0 aliphatic carbocycles. The first-order chi connectivity index (χ1) is 8.82. The van der Waals surface area contributed by atoms with Gasteiger partial charge in [-0.05, 0) is 25.3 Å². The third-order valence-electron chi connectivity index (χ3n) is 2.80. The number of aromatic carboxylic acids is 1. The van der Waals surface area contributed by atoms with Crippen molar-refractivity contribution < 1.29 is 18.3 Å². The summed E-state index contributed by atoms with van der Waals surface area (Å²) in [5.74, 6) is -0.601. The zero-order chi connectivity index (χ0) is 14.6. The van der Waals surface area contributed by atoms with Gasteiger partial charge in [0.25, 0.3) is 0 Å². The average Bonchev–Trinajstić information content (AvgIpc) is 2.38. The molecule has 1 N–H and O–H groups in total. The summed E-state index contributed by atoms with van der Waals surface area (Å²) in [6, 6.07) is 5.44. The van der Waals surface area contributed by atoms with E-state index in [1.165, 1.54) is 47.4 Å². The van der Waals surface area contributed by atoms with Crippen LogP contribution in [0.5, 0.6) is 0 Å². The molecule has 106 valence electrons. The number of hydrogen-bond acceptors (Lipinski definition) is 4. The Morgan fingerprint density at radius 3 is 2.53 bits per heavy atom. The SMILES string of the molecule is CSCC(C)N(C)S(=O)(=O)c1ccccc1C(=O)O. The number of rotatable bonds is 6. The van der Waals surface area contributed by atoms with E-state index in [1.54, 1.807) is 6.92 Å². The van der Waals surface area contributed by atoms with Crippen molar-refractivity contribution in [1.82, 2.24) is 4.31 Å². The summed E-state index contributed by atoms with van der Waals surface area (Å²) in [6.07, 6.45) is 1.89. The summed E-state index contributed by atoms with van der Waals surface area (Å²) >= 11 is 1.54. The normalized spacial score (nSPS) is 13.5. The molecule has 1 unspecified atom stereocenters. The van der Waals surface area contributed by atoms with Crippen LogP contribution in [0.3, 0.4) is 0 Å². The van der Waals surface area contributed by atoms with Crippen molar-refractivity contribution in [2.75, 3.05) is 19.1 Å². The van der Waals surface area contributed by atoms with Crippen molar-refractivity contribution in [2.24, 2.45) is 0 Å². The molecule has 1 atom stereocenters. The Morgan fingerprint density at radius 1 is 1.42 bits per heavy atom. The van der Waals surface area contributed by atoms with Gasteiger partial charge in [-0.2, -0.15) is 16.1 Å². The molecule has 5 nitrogen and oxygen atoms in total. The Morgan fingerprint density at radius 2 is 2.00 bits per heavy atom. The number of carboxylic acid groups (broad SMARTS) is 1. The maximum absolute atomic E-state index is 12.4. The summed E-state index contributed by atoms with van der Waals surface area (Å²) in [6.45, 7) is 1.79. The van der Waals surface area contributed by atoms with Gasteiger partial charge in [-0.15, -0.1) is 0 Å². The molecule has 0 saturated carbocycles. The fourth-order valence-electron chi connectivity index (χ4n) is 1.61. The Kier molecular flexibility index (Phi) is 5.39. The van der Waals surface area contributed by atoms with E-state index in [0.717, 1.165) is 0 Å². The maximum atomic E-state index is 12.4. The van der Waals surface area contributed by atoms with Crippen LogP contribution in [-0.2, 0) is 10.0 Å². The number of nitrogens with zero attached hydrogens (tertiary/aromatic N) is 1. The first-order valence-electron chi connectivity index (χ1n) is 5.61. The second-order valence-corrected chi connectivity index (χ2v) is 7.00. The van der Waals surface area contributed by atoms with Gasteiger partial charge in [0.15, 0.2) is 0 Å². The molecule has 7 heteroatoms. The molecule has 0 aliphatic heterocycles. The van der Waals surface area contributed by atoms with E-state index in [4.69, 9.17) is 5.11 Å². The Labute approximate surface area is 117 Å². The van der Waals surface area contributed by atoms with E-state index in [2.05, 4.69) is 0 Å². The Bertz CT molecular complexity index is 557. The smallest absolute Gasteiger partial charge is 0.337 e. The Balaban J connectivity index is 3.24. The number of hydrogen-bond donors (Lipinski definition) is 1. The zero-order valence-corrected chi connectivity index (χ0v) is 12.7. The van der Waals surface area contributed by atoms with Gasteiger partial charge in [-0.1, -0.05) is 12.1 Å². The van der Waals surface area contributed by atoms with Crippen LogP contribution in [0.1, 0.15) is 17.3 Å². The van der Waals surface area contributed by atoms with Crippen LogP contribution >= 0.6 is 11.8 Å². The van der Waals surface area contributed by atoms with Crippen LogP contribution in [0, 0.1) is 0 Å². The third-order valence-corrected chi connectivity index (χ3v) is 5.65. The fourth-order valence-corrected chi connectivity index (χ4v) is 3.95. The first kappa shape index (κ1) is 16.0. The zero-order valence-electron chi connectivity index (χ0n) is 11.0. The molecule has 1 aromatic carbocycles. The molecule has 0 heterocycles. The molecular formula is C12H17NO4S2. The monoisotopic (exact) mass is 303 g/mol. The largest absolute Gasteiger partial charge is 0.478 e. The topological polar surface area (TPSA) is 74.7 Å². The van der Waals surface area contributed by atoms with Crippen LogP contribution in [0.25, 0.3) is 0 Å². The number of benzene rings is 1. The lowest BCUT2D eigenvalue weighted by molar-refractivity contribution is 0.0692. The molecule has 0 spiro atoms. The van der Waals surface area contributed by atoms with Gasteiger partial charge < -0.3 is 5.11 Å². The van der Waals surface area contributed by atoms with Crippen molar-refractivity contribution in [3.63, 3.8) is 0 Å². The molecule has 0 fully saturated rings. The second-order valence-electron chi connectivity index (χ2n) is 4.13. The predicted molar refractivity (Wildman–Crippen MR) is 76.2 cm³/mol. The molecule has 0 aliphatic rings. The summed E-state index contributed by atoms with van der Waals surface area (Å²) < 4.78 is 26.1. The third kappa shape index (κ3) is 3.49. The maximum Gasteiger partial charge on any atom is 0.337 e. The van der Waals surface area contributed by atoms with Crippen molar-refractivity contribution >= 4 is 27.8 Å². The van der Waals surface area contributed by atoms with E-state index in [9.17, 15) is 13.2 Å². The quantitative estimate of drug-likeness (QED) is 0.866. The van der Waals surface area contributed by atoms with Crippen molar-refractivity contribution in [3.05, 3.63) is 29.8 Å². The first-order valence-corrected chi connectivity index (χ1v) is 8.45. The van der Waals surface area contributed by atoms with E-state index in [0.29, 0.717) is 5.75 Å². The van der Waals surface area contributed by atoms with E-state index < -0.39 is 16.0 Å². The van der Waals surface area contributed by atoms with E-state index >= 15 is 0 Å². The molecule has 0 aromatic heterocycles. The van der Waals surface area contributed by atoms with Crippen molar-refractivity contribution in [2.45, 2.75) is 17.9 Å². The van der Waals surface area contributed by atoms with Gasteiger partial charge in [-0.25, -0.2) is 13.2 Å². The molecule has 0 bridgehead atoms. The lowest BCUT2D eigenvalue weighted by Crippen LogP contribution is -2.37. The lowest BCUT2D eigenvalue weighted by Gasteiger charge is -2.24. The summed E-state index contributed by atoms with van der Waals surface area (Å²) in [5.41, 5.74) is -0.203. The van der Waals surface area contributed by atoms with Crippen LogP contribution in [-0.4, -0.2) is 48.9 Å². The van der Waals surface area contributed by atoms with Gasteiger partial charge in [0, 0.05) is 18.8 Å². The van der Waals surface area contributed by atoms with Gasteiger partial charge in [0.2, 0.25) is 10.0 Å². The van der Waals surface area contributed by atoms with Crippen LogP contribution in [0.4, 0.5) is 0 Å². The highest BCUT2D eigenvalue weighted by Crippen LogP contribution is 2.21. The molecule has 0 saturated heterocycles. The lowest BCUT2D eigenvalue weighted by atomic mass is 10.2. The molecule has 19 heavy (non-hydrogen) atoms. The number of thioether (sulfide) groups is 1. The second kappa shape index (κ2) is 6.40. The summed E-state index contributed by atoms with van der Waals surface area (Å²) in [7, 11) is -2.33. The number of carbonyl (C=O) groups is 1. The molecule has 0 amide bonds. The van der Waals surface area contributed by atoms with E-state index in [1.807, 2.05) is 6.26 Å². The van der Waals surface area contributed by atoms with Gasteiger partial charge in [0.1, 0.15) is 0 Å². The van der Waals surface area contributed by atoms with Crippen LogP contribution in [0.15, 0.2) is 29.2 Å². The van der Waals surface area contributed by atoms with Crippen molar-refractivity contribution in [1.29, 1.82) is 0 Å². The Hall–Kier alpha value is -1.05. The van der Waals surface area contributed by atoms with Gasteiger partial charge in [0.05, 0.1) is 10.5 Å². The fraction of sp³-hybridized carbons (Fsp3) is 0.417. The highest BCUT2D eigenvalue weighted by molar-refractivity contribution is 7.98. The standard InChI is InChI=1S/C12H17NO4S2/c1-9(8-18-3)13(2)19(16,17)11-7-5-4-6-10(11)12(14)15/h4-7,9H,8H2,1-3H3,(H,14,15). The van der Waals surface area contributed by atoms with Gasteiger partial charge in [-0.3, -0.25) is 0 Å².